The third kappa shape index (κ3) is 6.88. The van der Waals surface area contributed by atoms with E-state index >= 15 is 0 Å². The normalized spacial score (nSPS) is 21.7. The van der Waals surface area contributed by atoms with E-state index in [1.54, 1.807) is 30.6 Å². The molecule has 1 aromatic heterocycles. The number of anilines is 2. The topological polar surface area (TPSA) is 100 Å². The average molecular weight is 670 g/mol. The molecule has 6 rings (SSSR count). The number of ether oxygens (including phenoxy) is 2. The van der Waals surface area contributed by atoms with Crippen LogP contribution < -0.4 is 10.2 Å². The Morgan fingerprint density at radius 3 is 2.15 bits per heavy atom. The number of aliphatic hydroxyl groups excluding tert-OH is 1. The second kappa shape index (κ2) is 14.3. The van der Waals surface area contributed by atoms with Crippen LogP contribution in [0.1, 0.15) is 46.4 Å². The van der Waals surface area contributed by atoms with Gasteiger partial charge >= 0.3 is 0 Å². The van der Waals surface area contributed by atoms with Gasteiger partial charge in [0.2, 0.25) is 11.8 Å². The molecule has 9 nitrogen and oxygen atoms in total. The maximum Gasteiger partial charge on any atom is 0.261 e. The highest BCUT2D eigenvalue weighted by Crippen LogP contribution is 2.42. The number of piperazine rings is 1. The van der Waals surface area contributed by atoms with Crippen molar-refractivity contribution in [2.45, 2.75) is 32.0 Å². The number of halogens is 5. The molecule has 48 heavy (non-hydrogen) atoms. The molecule has 2 N–H and O–H groups in total. The van der Waals surface area contributed by atoms with Crippen molar-refractivity contribution in [3.63, 3.8) is 0 Å². The number of amides is 1. The number of hydrogen-bond acceptors (Lipinski definition) is 8. The van der Waals surface area contributed by atoms with Crippen LogP contribution in [0.3, 0.4) is 0 Å². The van der Waals surface area contributed by atoms with Gasteiger partial charge in [-0.25, -0.2) is 31.9 Å². The van der Waals surface area contributed by atoms with Crippen molar-refractivity contribution in [3.8, 4) is 0 Å². The SMILES string of the molecule is CC1C(CN2CCN(c3ncccn3)CC2)OC(c2cccc(NC(=O)c3c(F)c(F)c(F)c(F)c3F)c2)OC1c1ccc(CO)cc1. The van der Waals surface area contributed by atoms with Crippen LogP contribution in [0.5, 0.6) is 0 Å². The van der Waals surface area contributed by atoms with Crippen LogP contribution in [0.2, 0.25) is 0 Å². The van der Waals surface area contributed by atoms with Gasteiger partial charge in [-0.1, -0.05) is 43.3 Å². The van der Waals surface area contributed by atoms with Crippen molar-refractivity contribution >= 4 is 17.5 Å². The number of hydrogen-bond donors (Lipinski definition) is 2. The Morgan fingerprint density at radius 1 is 0.854 bits per heavy atom. The Kier molecular flexibility index (Phi) is 9.96. The second-order valence-corrected chi connectivity index (χ2v) is 11.7. The van der Waals surface area contributed by atoms with E-state index in [1.807, 2.05) is 31.2 Å². The van der Waals surface area contributed by atoms with Crippen LogP contribution in [-0.4, -0.2) is 64.7 Å². The summed E-state index contributed by atoms with van der Waals surface area (Å²) in [5.41, 5.74) is 0.474. The van der Waals surface area contributed by atoms with Gasteiger partial charge in [-0.3, -0.25) is 9.69 Å². The molecule has 4 atom stereocenters. The lowest BCUT2D eigenvalue weighted by Gasteiger charge is -2.44. The van der Waals surface area contributed by atoms with Crippen LogP contribution in [0, 0.1) is 35.0 Å². The molecule has 2 aliphatic rings. The first-order valence-corrected chi connectivity index (χ1v) is 15.3. The number of aromatic nitrogens is 2. The Labute approximate surface area is 272 Å². The average Bonchev–Trinajstić information content (AvgIpc) is 3.11. The van der Waals surface area contributed by atoms with Crippen molar-refractivity contribution in [3.05, 3.63) is 118 Å². The number of carbonyl (C=O) groups is 1. The molecule has 3 aromatic carbocycles. The van der Waals surface area contributed by atoms with E-state index in [0.29, 0.717) is 18.1 Å². The lowest BCUT2D eigenvalue weighted by Crippen LogP contribution is -2.51. The van der Waals surface area contributed by atoms with Crippen LogP contribution in [0.25, 0.3) is 0 Å². The molecule has 2 fully saturated rings. The van der Waals surface area contributed by atoms with Crippen LogP contribution in [-0.2, 0) is 16.1 Å². The van der Waals surface area contributed by atoms with E-state index in [-0.39, 0.29) is 24.3 Å². The lowest BCUT2D eigenvalue weighted by molar-refractivity contribution is -0.276. The summed E-state index contributed by atoms with van der Waals surface area (Å²) in [5.74, 6) is -12.2. The van der Waals surface area contributed by atoms with Gasteiger partial charge in [-0.2, -0.15) is 0 Å². The Morgan fingerprint density at radius 2 is 1.50 bits per heavy atom. The standard InChI is InChI=1S/C34H32F5N5O4/c1-19-24(17-43-12-14-44(15-13-43)34-40-10-3-11-41-34)47-33(48-31(19)21-8-6-20(18-45)7-9-21)22-4-2-5-23(16-22)42-32(46)25-26(35)28(37)30(39)29(38)27(25)36/h2-11,16,19,24,31,33,45H,12-15,17-18H2,1H3,(H,42,46). The lowest BCUT2D eigenvalue weighted by atomic mass is 9.90. The summed E-state index contributed by atoms with van der Waals surface area (Å²) < 4.78 is 82.6. The monoisotopic (exact) mass is 669 g/mol. The molecule has 4 aromatic rings. The minimum atomic E-state index is -2.36. The largest absolute Gasteiger partial charge is 0.392 e. The molecule has 14 heteroatoms. The van der Waals surface area contributed by atoms with Crippen molar-refractivity contribution in [1.82, 2.24) is 14.9 Å². The van der Waals surface area contributed by atoms with E-state index in [4.69, 9.17) is 9.47 Å². The van der Waals surface area contributed by atoms with Gasteiger partial charge in [-0.15, -0.1) is 0 Å². The predicted molar refractivity (Wildman–Crippen MR) is 164 cm³/mol. The summed E-state index contributed by atoms with van der Waals surface area (Å²) in [6.45, 7) is 5.42. The smallest absolute Gasteiger partial charge is 0.261 e. The van der Waals surface area contributed by atoms with Gasteiger partial charge in [0.05, 0.1) is 18.8 Å². The fourth-order valence-corrected chi connectivity index (χ4v) is 5.93. The highest BCUT2D eigenvalue weighted by molar-refractivity contribution is 6.04. The van der Waals surface area contributed by atoms with E-state index < -0.39 is 53.0 Å². The minimum absolute atomic E-state index is 0.0203. The summed E-state index contributed by atoms with van der Waals surface area (Å²) in [6, 6.07) is 15.2. The number of carbonyl (C=O) groups excluding carboxylic acids is 1. The van der Waals surface area contributed by atoms with E-state index in [9.17, 15) is 31.9 Å². The zero-order valence-corrected chi connectivity index (χ0v) is 25.8. The molecule has 252 valence electrons. The van der Waals surface area contributed by atoms with Gasteiger partial charge in [0.1, 0.15) is 5.56 Å². The molecule has 3 heterocycles. The van der Waals surface area contributed by atoms with Crippen molar-refractivity contribution in [2.24, 2.45) is 5.92 Å². The summed E-state index contributed by atoms with van der Waals surface area (Å²) in [4.78, 5) is 25.8. The minimum Gasteiger partial charge on any atom is -0.392 e. The molecule has 0 saturated carbocycles. The number of rotatable bonds is 8. The predicted octanol–water partition coefficient (Wildman–Crippen LogP) is 5.53. The quantitative estimate of drug-likeness (QED) is 0.144. The molecule has 2 saturated heterocycles. The zero-order valence-electron chi connectivity index (χ0n) is 25.8. The van der Waals surface area contributed by atoms with Crippen LogP contribution in [0.15, 0.2) is 67.0 Å². The van der Waals surface area contributed by atoms with E-state index in [1.165, 1.54) is 12.1 Å². The molecule has 0 spiro atoms. The molecule has 1 amide bonds. The van der Waals surface area contributed by atoms with Gasteiger partial charge < -0.3 is 24.8 Å². The molecule has 2 aliphatic heterocycles. The van der Waals surface area contributed by atoms with Gasteiger partial charge in [0, 0.05) is 62.3 Å². The highest BCUT2D eigenvalue weighted by Gasteiger charge is 2.40. The van der Waals surface area contributed by atoms with Crippen LogP contribution >= 0.6 is 0 Å². The van der Waals surface area contributed by atoms with Gasteiger partial charge in [-0.05, 0) is 29.3 Å². The molecule has 0 aliphatic carbocycles. The number of nitrogens with one attached hydrogen (secondary N) is 1. The maximum atomic E-state index is 14.3. The Bertz CT molecular complexity index is 1730. The molecule has 0 radical (unpaired) electrons. The van der Waals surface area contributed by atoms with E-state index in [0.717, 1.165) is 37.3 Å². The van der Waals surface area contributed by atoms with Crippen molar-refractivity contribution in [2.75, 3.05) is 42.9 Å². The fraction of sp³-hybridized carbons (Fsp3) is 0.324. The number of benzene rings is 3. The van der Waals surface area contributed by atoms with Crippen LogP contribution in [0.4, 0.5) is 33.6 Å². The third-order valence-corrected chi connectivity index (χ3v) is 8.62. The van der Waals surface area contributed by atoms with Gasteiger partial charge in [0.25, 0.3) is 5.91 Å². The highest BCUT2D eigenvalue weighted by atomic mass is 19.2. The third-order valence-electron chi connectivity index (χ3n) is 8.62. The summed E-state index contributed by atoms with van der Waals surface area (Å²) in [5, 5.41) is 11.8. The first-order valence-electron chi connectivity index (χ1n) is 15.3. The van der Waals surface area contributed by atoms with Gasteiger partial charge in [0.15, 0.2) is 29.6 Å². The zero-order chi connectivity index (χ0) is 33.9. The fourth-order valence-electron chi connectivity index (χ4n) is 5.93. The molecular weight excluding hydrogens is 637 g/mol. The molecule has 0 bridgehead atoms. The molecule has 4 unspecified atom stereocenters. The van der Waals surface area contributed by atoms with Crippen molar-refractivity contribution < 1.29 is 41.3 Å². The van der Waals surface area contributed by atoms with E-state index in [2.05, 4.69) is 25.1 Å². The second-order valence-electron chi connectivity index (χ2n) is 11.7. The summed E-state index contributed by atoms with van der Waals surface area (Å²) >= 11 is 0. The summed E-state index contributed by atoms with van der Waals surface area (Å²) in [7, 11) is 0. The number of nitrogens with zero attached hydrogens (tertiary/aromatic N) is 4. The first-order chi connectivity index (χ1) is 23.1. The number of aliphatic hydroxyl groups is 1. The van der Waals surface area contributed by atoms with Crippen molar-refractivity contribution in [1.29, 1.82) is 0 Å². The summed E-state index contributed by atoms with van der Waals surface area (Å²) in [6.07, 6.45) is 1.71. The Balaban J connectivity index is 1.22. The maximum absolute atomic E-state index is 14.3. The molecular formula is C34H32F5N5O4. The first kappa shape index (κ1) is 33.4. The Hall–Kier alpha value is -4.50.